The molecule has 9 heteroatoms. The Balaban J connectivity index is 0.000000162. The molecule has 0 spiro atoms. The molecule has 9 nitrogen and oxygen atoms in total. The number of benzene rings is 2. The number of nitrogens with one attached hydrogen (secondary N) is 3. The number of hydrogen-bond donors (Lipinski definition) is 3. The van der Waals surface area contributed by atoms with Crippen LogP contribution in [0.5, 0.6) is 0 Å². The van der Waals surface area contributed by atoms with Crippen LogP contribution in [0, 0.1) is 13.8 Å². The highest BCUT2D eigenvalue weighted by Gasteiger charge is 2.31. The number of H-pyrrole nitrogens is 1. The molecule has 0 aliphatic carbocycles. The molecule has 2 aromatic heterocycles. The monoisotopic (exact) mass is 539 g/mol. The molecule has 1 atom stereocenters. The maximum atomic E-state index is 12.1. The minimum atomic E-state index is -0.0248. The Kier molecular flexibility index (Phi) is 8.40. The lowest BCUT2D eigenvalue weighted by Crippen LogP contribution is -2.49. The Bertz CT molecular complexity index is 1480. The molecule has 2 aliphatic rings. The van der Waals surface area contributed by atoms with Crippen molar-refractivity contribution in [2.75, 3.05) is 25.5 Å². The average molecular weight is 540 g/mol. The molecule has 0 radical (unpaired) electrons. The number of para-hydroxylation sites is 1. The summed E-state index contributed by atoms with van der Waals surface area (Å²) in [6.45, 7) is 6.27. The van der Waals surface area contributed by atoms with Crippen molar-refractivity contribution in [1.29, 1.82) is 0 Å². The number of nitrogens with zero attached hydrogens (tertiary/aromatic N) is 4. The predicted octanol–water partition coefficient (Wildman–Crippen LogP) is 4.73. The van der Waals surface area contributed by atoms with Gasteiger partial charge in [-0.05, 0) is 81.1 Å². The molecule has 6 rings (SSSR count). The van der Waals surface area contributed by atoms with Gasteiger partial charge in [0.05, 0.1) is 23.4 Å². The Morgan fingerprint density at radius 3 is 2.65 bits per heavy atom. The van der Waals surface area contributed by atoms with Crippen LogP contribution in [0.25, 0.3) is 10.9 Å². The molecule has 4 aromatic rings. The number of anilines is 1. The van der Waals surface area contributed by atoms with E-state index in [-0.39, 0.29) is 18.1 Å². The molecule has 4 heterocycles. The maximum Gasteiger partial charge on any atom is 0.322 e. The number of piperidine rings is 1. The first-order valence-electron chi connectivity index (χ1n) is 13.8. The highest BCUT2D eigenvalue weighted by molar-refractivity contribution is 5.92. The normalized spacial score (nSPS) is 16.1. The van der Waals surface area contributed by atoms with Gasteiger partial charge in [0, 0.05) is 42.4 Å². The summed E-state index contributed by atoms with van der Waals surface area (Å²) in [5.74, 6) is 0. The van der Waals surface area contributed by atoms with Crippen LogP contribution in [0.3, 0.4) is 0 Å². The number of carbonyl (C=O) groups excluding carboxylic acids is 2. The van der Waals surface area contributed by atoms with Gasteiger partial charge in [-0.2, -0.15) is 5.10 Å². The van der Waals surface area contributed by atoms with Gasteiger partial charge >= 0.3 is 6.03 Å². The third-order valence-electron chi connectivity index (χ3n) is 7.81. The summed E-state index contributed by atoms with van der Waals surface area (Å²) in [7, 11) is 1.98. The zero-order valence-electron chi connectivity index (χ0n) is 23.4. The number of carbonyl (C=O) groups is 2. The maximum absolute atomic E-state index is 12.1. The van der Waals surface area contributed by atoms with Gasteiger partial charge in [0.2, 0.25) is 6.41 Å². The third-order valence-corrected chi connectivity index (χ3v) is 7.81. The van der Waals surface area contributed by atoms with Gasteiger partial charge in [0.25, 0.3) is 0 Å². The van der Waals surface area contributed by atoms with Gasteiger partial charge in [-0.25, -0.2) is 4.79 Å². The first-order chi connectivity index (χ1) is 19.4. The molecule has 0 bridgehead atoms. The van der Waals surface area contributed by atoms with Crippen molar-refractivity contribution in [3.05, 3.63) is 88.9 Å². The van der Waals surface area contributed by atoms with Crippen LogP contribution < -0.4 is 10.6 Å². The minimum Gasteiger partial charge on any atom is -0.345 e. The Morgan fingerprint density at radius 2 is 1.90 bits per heavy atom. The molecule has 3 N–H and O–H groups in total. The van der Waals surface area contributed by atoms with Crippen LogP contribution in [0.1, 0.15) is 47.0 Å². The first-order valence-corrected chi connectivity index (χ1v) is 13.8. The summed E-state index contributed by atoms with van der Waals surface area (Å²) in [5, 5.41) is 14.6. The number of hydrogen-bond acceptors (Lipinski definition) is 5. The Labute approximate surface area is 235 Å². The van der Waals surface area contributed by atoms with Crippen molar-refractivity contribution in [2.45, 2.75) is 51.7 Å². The summed E-state index contributed by atoms with van der Waals surface area (Å²) in [4.78, 5) is 31.1. The van der Waals surface area contributed by atoms with Crippen LogP contribution in [-0.4, -0.2) is 63.6 Å². The van der Waals surface area contributed by atoms with E-state index in [0.29, 0.717) is 6.54 Å². The number of aromatic nitrogens is 3. The number of aryl methyl sites for hydroxylation is 2. The summed E-state index contributed by atoms with van der Waals surface area (Å²) < 4.78 is 0. The fourth-order valence-corrected chi connectivity index (χ4v) is 5.60. The molecule has 3 amide bonds. The number of fused-ring (bicyclic) bond motifs is 2. The van der Waals surface area contributed by atoms with Crippen molar-refractivity contribution >= 4 is 29.0 Å². The lowest BCUT2D eigenvalue weighted by Gasteiger charge is -2.39. The van der Waals surface area contributed by atoms with E-state index in [1.165, 1.54) is 11.1 Å². The van der Waals surface area contributed by atoms with Crippen molar-refractivity contribution in [1.82, 2.24) is 30.3 Å². The number of likely N-dealkylation sites (N-methyl/N-ethyl adjacent to an activating group) is 1. The number of likely N-dealkylation sites (tertiary alicyclic amines) is 1. The lowest BCUT2D eigenvalue weighted by atomic mass is 9.99. The van der Waals surface area contributed by atoms with Gasteiger partial charge in [0.15, 0.2) is 0 Å². The zero-order valence-corrected chi connectivity index (χ0v) is 23.4. The van der Waals surface area contributed by atoms with Crippen molar-refractivity contribution < 1.29 is 9.59 Å². The minimum absolute atomic E-state index is 0.0248. The smallest absolute Gasteiger partial charge is 0.322 e. The largest absolute Gasteiger partial charge is 0.345 e. The van der Waals surface area contributed by atoms with Crippen molar-refractivity contribution in [3.63, 3.8) is 0 Å². The van der Waals surface area contributed by atoms with E-state index in [0.717, 1.165) is 72.3 Å². The fourth-order valence-electron chi connectivity index (χ4n) is 5.60. The number of urea groups is 1. The second-order valence-corrected chi connectivity index (χ2v) is 10.6. The van der Waals surface area contributed by atoms with E-state index in [4.69, 9.17) is 0 Å². The summed E-state index contributed by atoms with van der Waals surface area (Å²) in [5.41, 5.74) is 7.84. The van der Waals surface area contributed by atoms with E-state index in [1.807, 2.05) is 55.4 Å². The number of rotatable bonds is 6. The van der Waals surface area contributed by atoms with Crippen molar-refractivity contribution in [3.8, 4) is 0 Å². The zero-order chi connectivity index (χ0) is 28.1. The van der Waals surface area contributed by atoms with E-state index < -0.39 is 0 Å². The van der Waals surface area contributed by atoms with Crippen LogP contribution >= 0.6 is 0 Å². The fraction of sp³-hybridized carbons (Fsp3) is 0.355. The van der Waals surface area contributed by atoms with Crippen molar-refractivity contribution in [2.24, 2.45) is 0 Å². The first kappa shape index (κ1) is 27.3. The second kappa shape index (κ2) is 12.3. The van der Waals surface area contributed by atoms with Gasteiger partial charge < -0.3 is 20.4 Å². The van der Waals surface area contributed by atoms with Crippen LogP contribution in [0.15, 0.2) is 60.8 Å². The van der Waals surface area contributed by atoms with Gasteiger partial charge in [-0.15, -0.1) is 0 Å². The second-order valence-electron chi connectivity index (χ2n) is 10.6. The molecule has 2 aliphatic heterocycles. The summed E-state index contributed by atoms with van der Waals surface area (Å²) in [6.07, 6.45) is 5.39. The molecule has 2 aromatic carbocycles. The van der Waals surface area contributed by atoms with Gasteiger partial charge in [-0.1, -0.05) is 30.3 Å². The molecule has 40 heavy (non-hydrogen) atoms. The summed E-state index contributed by atoms with van der Waals surface area (Å²) in [6, 6.07) is 18.9. The van der Waals surface area contributed by atoms with Crippen LogP contribution in [0.2, 0.25) is 0 Å². The molecule has 1 saturated heterocycles. The third kappa shape index (κ3) is 6.15. The quantitative estimate of drug-likeness (QED) is 0.307. The molecule has 0 saturated carbocycles. The average Bonchev–Trinajstić information content (AvgIpc) is 3.45. The molecular formula is C31H37N7O2. The molecule has 1 unspecified atom stereocenters. The molecule has 208 valence electrons. The van der Waals surface area contributed by atoms with E-state index in [2.05, 4.69) is 57.0 Å². The van der Waals surface area contributed by atoms with Gasteiger partial charge in [0.1, 0.15) is 0 Å². The molecule has 1 fully saturated rings. The summed E-state index contributed by atoms with van der Waals surface area (Å²) >= 11 is 0. The predicted molar refractivity (Wildman–Crippen MR) is 157 cm³/mol. The highest BCUT2D eigenvalue weighted by Crippen LogP contribution is 2.27. The standard InChI is InChI=1S/C17H20N4.C14H17N3O2/c1-11-7-13(8-14-10-19-21-17(11)14)9-16(18-3)15-6-4-5-12(2)20-15;18-10-16-7-5-12(6-8-16)17-9-11-3-1-2-4-13(11)15-14(17)19/h4-8,10,16,18H,9H2,1-3H3,(H,19,21);1-4,10,12H,5-9H2,(H,15,19). The lowest BCUT2D eigenvalue weighted by molar-refractivity contribution is -0.119. The molecular weight excluding hydrogens is 502 g/mol. The topological polar surface area (TPSA) is 106 Å². The number of aromatic amines is 1. The van der Waals surface area contributed by atoms with E-state index in [1.54, 1.807) is 4.90 Å². The number of amides is 3. The van der Waals surface area contributed by atoms with Crippen LogP contribution in [-0.2, 0) is 17.8 Å². The Morgan fingerprint density at radius 1 is 1.10 bits per heavy atom. The van der Waals surface area contributed by atoms with Gasteiger partial charge in [-0.3, -0.25) is 14.9 Å². The highest BCUT2D eigenvalue weighted by atomic mass is 16.2. The SMILES string of the molecule is CNC(Cc1cc(C)c2[nH]ncc2c1)c1cccc(C)n1.O=CN1CCC(N2Cc3ccccc3NC2=O)CC1. The van der Waals surface area contributed by atoms with E-state index in [9.17, 15) is 9.59 Å². The Hall–Kier alpha value is -4.24. The number of pyridine rings is 1. The van der Waals surface area contributed by atoms with E-state index >= 15 is 0 Å². The van der Waals surface area contributed by atoms with Crippen LogP contribution in [0.4, 0.5) is 10.5 Å².